The van der Waals surface area contributed by atoms with E-state index >= 15 is 0 Å². The average Bonchev–Trinajstić information content (AvgIpc) is 2.75. The Kier molecular flexibility index (Phi) is 6.23. The number of ether oxygens (including phenoxy) is 2. The van der Waals surface area contributed by atoms with Gasteiger partial charge in [-0.15, -0.1) is 0 Å². The lowest BCUT2D eigenvalue weighted by molar-refractivity contribution is -0.121. The monoisotopic (exact) mass is 480 g/mol. The number of anilines is 2. The number of carbonyl (C=O) groups excluding carboxylic acids is 2. The van der Waals surface area contributed by atoms with E-state index in [9.17, 15) is 9.59 Å². The first-order valence-electron chi connectivity index (χ1n) is 9.83. The van der Waals surface area contributed by atoms with Crippen LogP contribution in [0.15, 0.2) is 71.2 Å². The van der Waals surface area contributed by atoms with E-state index < -0.39 is 0 Å². The third kappa shape index (κ3) is 5.06. The molecule has 1 aliphatic heterocycles. The normalized spacial score (nSPS) is 12.7. The Bertz CT molecular complexity index is 1130. The first kappa shape index (κ1) is 20.9. The second-order valence-electron chi connectivity index (χ2n) is 7.15. The molecule has 0 aromatic heterocycles. The fourth-order valence-corrected chi connectivity index (χ4v) is 3.72. The summed E-state index contributed by atoms with van der Waals surface area (Å²) in [5.41, 5.74) is 2.90. The SMILES string of the molecule is Cc1cccc(OCCN2C(=O)COc3cc(NC(=O)c4cccc(Br)c4)ccc32)c1. The Balaban J connectivity index is 1.44. The summed E-state index contributed by atoms with van der Waals surface area (Å²) in [6.45, 7) is 2.70. The quantitative estimate of drug-likeness (QED) is 0.549. The second-order valence-corrected chi connectivity index (χ2v) is 8.06. The van der Waals surface area contributed by atoms with E-state index in [1.807, 2.05) is 37.3 Å². The molecule has 0 saturated heterocycles. The Morgan fingerprint density at radius 2 is 1.97 bits per heavy atom. The van der Waals surface area contributed by atoms with Gasteiger partial charge in [0.1, 0.15) is 18.1 Å². The highest BCUT2D eigenvalue weighted by Crippen LogP contribution is 2.34. The van der Waals surface area contributed by atoms with E-state index in [0.717, 1.165) is 15.8 Å². The van der Waals surface area contributed by atoms with Gasteiger partial charge in [-0.2, -0.15) is 0 Å². The number of amides is 2. The lowest BCUT2D eigenvalue weighted by Crippen LogP contribution is -2.41. The summed E-state index contributed by atoms with van der Waals surface area (Å²) in [4.78, 5) is 26.5. The summed E-state index contributed by atoms with van der Waals surface area (Å²) in [5.74, 6) is 0.955. The molecule has 0 radical (unpaired) electrons. The molecule has 0 bridgehead atoms. The third-order valence-corrected chi connectivity index (χ3v) is 5.31. The van der Waals surface area contributed by atoms with Gasteiger partial charge in [-0.3, -0.25) is 9.59 Å². The molecular formula is C24H21BrN2O4. The fourth-order valence-electron chi connectivity index (χ4n) is 3.32. The van der Waals surface area contributed by atoms with Crippen LogP contribution in [-0.4, -0.2) is 31.6 Å². The number of halogens is 1. The van der Waals surface area contributed by atoms with E-state index in [-0.39, 0.29) is 18.4 Å². The lowest BCUT2D eigenvalue weighted by atomic mass is 10.2. The van der Waals surface area contributed by atoms with Gasteiger partial charge >= 0.3 is 0 Å². The van der Waals surface area contributed by atoms with E-state index in [0.29, 0.717) is 35.8 Å². The minimum atomic E-state index is -0.225. The van der Waals surface area contributed by atoms with Crippen LogP contribution < -0.4 is 19.7 Å². The minimum absolute atomic E-state index is 0.0551. The molecule has 0 spiro atoms. The zero-order chi connectivity index (χ0) is 21.8. The van der Waals surface area contributed by atoms with Gasteiger partial charge < -0.3 is 19.7 Å². The van der Waals surface area contributed by atoms with Crippen molar-refractivity contribution in [1.82, 2.24) is 0 Å². The molecule has 1 aliphatic rings. The molecular weight excluding hydrogens is 460 g/mol. The van der Waals surface area contributed by atoms with Crippen LogP contribution in [0.25, 0.3) is 0 Å². The maximum atomic E-state index is 12.5. The third-order valence-electron chi connectivity index (χ3n) is 4.82. The molecule has 3 aromatic carbocycles. The van der Waals surface area contributed by atoms with Crippen LogP contribution >= 0.6 is 15.9 Å². The molecule has 7 heteroatoms. The topological polar surface area (TPSA) is 67.9 Å². The van der Waals surface area contributed by atoms with Crippen molar-refractivity contribution < 1.29 is 19.1 Å². The number of benzene rings is 3. The van der Waals surface area contributed by atoms with E-state index in [1.54, 1.807) is 41.3 Å². The number of hydrogen-bond donors (Lipinski definition) is 1. The number of fused-ring (bicyclic) bond motifs is 1. The summed E-state index contributed by atoms with van der Waals surface area (Å²) in [7, 11) is 0. The Labute approximate surface area is 188 Å². The van der Waals surface area contributed by atoms with Gasteiger partial charge in [0.15, 0.2) is 6.61 Å². The molecule has 0 unspecified atom stereocenters. The van der Waals surface area contributed by atoms with Crippen molar-refractivity contribution in [2.45, 2.75) is 6.92 Å². The van der Waals surface area contributed by atoms with Crippen molar-refractivity contribution in [3.05, 3.63) is 82.3 Å². The van der Waals surface area contributed by atoms with Crippen LogP contribution in [0, 0.1) is 6.92 Å². The van der Waals surface area contributed by atoms with Gasteiger partial charge in [-0.25, -0.2) is 0 Å². The van der Waals surface area contributed by atoms with Gasteiger partial charge in [0, 0.05) is 21.8 Å². The van der Waals surface area contributed by atoms with Crippen molar-refractivity contribution in [1.29, 1.82) is 0 Å². The molecule has 2 amide bonds. The van der Waals surface area contributed by atoms with Crippen molar-refractivity contribution in [3.63, 3.8) is 0 Å². The van der Waals surface area contributed by atoms with E-state index in [4.69, 9.17) is 9.47 Å². The number of rotatable bonds is 6. The number of nitrogens with zero attached hydrogens (tertiary/aromatic N) is 1. The predicted molar refractivity (Wildman–Crippen MR) is 123 cm³/mol. The molecule has 0 aliphatic carbocycles. The highest BCUT2D eigenvalue weighted by molar-refractivity contribution is 9.10. The van der Waals surface area contributed by atoms with Crippen LogP contribution in [-0.2, 0) is 4.79 Å². The molecule has 158 valence electrons. The van der Waals surface area contributed by atoms with Gasteiger partial charge in [0.05, 0.1) is 12.2 Å². The number of nitrogens with one attached hydrogen (secondary N) is 1. The zero-order valence-corrected chi connectivity index (χ0v) is 18.5. The average molecular weight is 481 g/mol. The fraction of sp³-hybridized carbons (Fsp3) is 0.167. The molecule has 6 nitrogen and oxygen atoms in total. The number of hydrogen-bond acceptors (Lipinski definition) is 4. The molecule has 3 aromatic rings. The smallest absolute Gasteiger partial charge is 0.265 e. The van der Waals surface area contributed by atoms with Crippen LogP contribution in [0.1, 0.15) is 15.9 Å². The first-order chi connectivity index (χ1) is 15.0. The summed E-state index contributed by atoms with van der Waals surface area (Å²) < 4.78 is 12.2. The van der Waals surface area contributed by atoms with Gasteiger partial charge in [0.25, 0.3) is 11.8 Å². The zero-order valence-electron chi connectivity index (χ0n) is 16.9. The molecule has 0 saturated carbocycles. The van der Waals surface area contributed by atoms with E-state index in [2.05, 4.69) is 21.2 Å². The summed E-state index contributed by atoms with van der Waals surface area (Å²) in [6, 6.07) is 20.2. The maximum absolute atomic E-state index is 12.5. The summed E-state index contributed by atoms with van der Waals surface area (Å²) >= 11 is 3.37. The summed E-state index contributed by atoms with van der Waals surface area (Å²) in [6.07, 6.45) is 0. The summed E-state index contributed by atoms with van der Waals surface area (Å²) in [5, 5.41) is 2.86. The molecule has 31 heavy (non-hydrogen) atoms. The van der Waals surface area contributed by atoms with Crippen molar-refractivity contribution >= 4 is 39.1 Å². The van der Waals surface area contributed by atoms with Gasteiger partial charge in [-0.1, -0.05) is 34.1 Å². The minimum Gasteiger partial charge on any atom is -0.492 e. The number of carbonyl (C=O) groups is 2. The number of aryl methyl sites for hydroxylation is 1. The van der Waals surface area contributed by atoms with Crippen molar-refractivity contribution in [3.8, 4) is 11.5 Å². The van der Waals surface area contributed by atoms with Gasteiger partial charge in [-0.05, 0) is 55.0 Å². The van der Waals surface area contributed by atoms with Crippen LogP contribution in [0.5, 0.6) is 11.5 Å². The molecule has 0 atom stereocenters. The first-order valence-corrected chi connectivity index (χ1v) is 10.6. The van der Waals surface area contributed by atoms with Crippen LogP contribution in [0.2, 0.25) is 0 Å². The Hall–Kier alpha value is -3.32. The second kappa shape index (κ2) is 9.22. The van der Waals surface area contributed by atoms with Crippen LogP contribution in [0.4, 0.5) is 11.4 Å². The molecule has 0 fully saturated rings. The molecule has 1 heterocycles. The Morgan fingerprint density at radius 3 is 2.77 bits per heavy atom. The van der Waals surface area contributed by atoms with Crippen molar-refractivity contribution in [2.75, 3.05) is 30.0 Å². The van der Waals surface area contributed by atoms with Crippen LogP contribution in [0.3, 0.4) is 0 Å². The lowest BCUT2D eigenvalue weighted by Gasteiger charge is -2.29. The largest absolute Gasteiger partial charge is 0.492 e. The standard InChI is InChI=1S/C24H21BrN2O4/c1-16-4-2-7-20(12-16)30-11-10-27-21-9-8-19(14-22(21)31-15-23(27)28)26-24(29)17-5-3-6-18(25)13-17/h2-9,12-14H,10-11,15H2,1H3,(H,26,29). The molecule has 4 rings (SSSR count). The highest BCUT2D eigenvalue weighted by atomic mass is 79.9. The maximum Gasteiger partial charge on any atom is 0.265 e. The highest BCUT2D eigenvalue weighted by Gasteiger charge is 2.26. The van der Waals surface area contributed by atoms with Gasteiger partial charge in [0.2, 0.25) is 0 Å². The predicted octanol–water partition coefficient (Wildman–Crippen LogP) is 4.81. The molecule has 1 N–H and O–H groups in total. The van der Waals surface area contributed by atoms with E-state index in [1.165, 1.54) is 0 Å². The van der Waals surface area contributed by atoms with Crippen molar-refractivity contribution in [2.24, 2.45) is 0 Å². The Morgan fingerprint density at radius 1 is 1.13 bits per heavy atom.